The maximum Gasteiger partial charge on any atom is 0.410 e. The Morgan fingerprint density at radius 3 is 2.53 bits per heavy atom. The van der Waals surface area contributed by atoms with Gasteiger partial charge in [0, 0.05) is 31.7 Å². The van der Waals surface area contributed by atoms with E-state index in [1.807, 2.05) is 20.8 Å². The average Bonchev–Trinajstić information content (AvgIpc) is 3.28. The average molecular weight is 474 g/mol. The number of likely N-dealkylation sites (tertiary alicyclic amines) is 1. The Morgan fingerprint density at radius 2 is 1.94 bits per heavy atom. The van der Waals surface area contributed by atoms with Gasteiger partial charge in [-0.2, -0.15) is 15.2 Å². The van der Waals surface area contributed by atoms with Gasteiger partial charge in [-0.1, -0.05) is 0 Å². The number of piperazine rings is 1. The van der Waals surface area contributed by atoms with Crippen molar-refractivity contribution >= 4 is 11.9 Å². The molecule has 2 saturated heterocycles. The maximum atomic E-state index is 12.6. The zero-order chi connectivity index (χ0) is 24.7. The van der Waals surface area contributed by atoms with Gasteiger partial charge in [-0.05, 0) is 66.7 Å². The monoisotopic (exact) mass is 473 g/mol. The third kappa shape index (κ3) is 6.93. The maximum absolute atomic E-state index is 12.6. The highest BCUT2D eigenvalue weighted by atomic mass is 16.6. The molecule has 4 rings (SSSR count). The molecule has 188 valence electrons. The number of nitriles is 1. The Labute approximate surface area is 203 Å². The van der Waals surface area contributed by atoms with Crippen molar-refractivity contribution in [3.8, 4) is 12.1 Å². The standard InChI is InChI=1S/C19H28N6O3.C5H11N/c1-19(2,3)28-18(26)25-10-9-24(12-13(25)5-7-20)16-14-6-8-21-11-15(14)22-17(23-16)27-4;1-6-4-2-3-5-6/h13,21H,5-6,8-12H2,1-4H3;2-5H2,1H3. The molecular formula is C24H39N7O3. The molecule has 0 radical (unpaired) electrons. The highest BCUT2D eigenvalue weighted by molar-refractivity contribution is 5.69. The number of nitrogens with zero attached hydrogens (tertiary/aromatic N) is 6. The summed E-state index contributed by atoms with van der Waals surface area (Å²) in [5.41, 5.74) is 1.48. The Kier molecular flexibility index (Phi) is 8.91. The molecule has 3 aliphatic rings. The number of hydrogen-bond acceptors (Lipinski definition) is 9. The van der Waals surface area contributed by atoms with Gasteiger partial charge in [0.25, 0.3) is 0 Å². The van der Waals surface area contributed by atoms with Crippen LogP contribution in [0.5, 0.6) is 6.01 Å². The van der Waals surface area contributed by atoms with Crippen LogP contribution in [0, 0.1) is 11.3 Å². The summed E-state index contributed by atoms with van der Waals surface area (Å²) in [4.78, 5) is 27.8. The largest absolute Gasteiger partial charge is 0.467 e. The van der Waals surface area contributed by atoms with E-state index in [2.05, 4.69) is 38.2 Å². The quantitative estimate of drug-likeness (QED) is 0.707. The topological polar surface area (TPSA) is 107 Å². The summed E-state index contributed by atoms with van der Waals surface area (Å²) in [6.45, 7) is 11.3. The van der Waals surface area contributed by atoms with Gasteiger partial charge in [-0.3, -0.25) is 0 Å². The van der Waals surface area contributed by atoms with Gasteiger partial charge in [0.15, 0.2) is 0 Å². The minimum absolute atomic E-state index is 0.238. The lowest BCUT2D eigenvalue weighted by Gasteiger charge is -2.42. The number of fused-ring (bicyclic) bond motifs is 1. The first kappa shape index (κ1) is 26.0. The summed E-state index contributed by atoms with van der Waals surface area (Å²) in [6, 6.07) is 2.28. The summed E-state index contributed by atoms with van der Waals surface area (Å²) in [5.74, 6) is 0.843. The van der Waals surface area contributed by atoms with E-state index in [9.17, 15) is 10.1 Å². The van der Waals surface area contributed by atoms with Gasteiger partial charge in [-0.15, -0.1) is 0 Å². The Bertz CT molecular complexity index is 875. The molecule has 1 amide bonds. The Balaban J connectivity index is 0.000000469. The van der Waals surface area contributed by atoms with Crippen LogP contribution in [0.25, 0.3) is 0 Å². The fourth-order valence-corrected chi connectivity index (χ4v) is 4.43. The van der Waals surface area contributed by atoms with Gasteiger partial charge in [0.2, 0.25) is 0 Å². The van der Waals surface area contributed by atoms with E-state index in [-0.39, 0.29) is 18.6 Å². The van der Waals surface area contributed by atoms with Crippen LogP contribution in [0.2, 0.25) is 0 Å². The smallest absolute Gasteiger partial charge is 0.410 e. The number of nitrogens with one attached hydrogen (secondary N) is 1. The molecule has 0 aliphatic carbocycles. The SMILES string of the molecule is CN1CCCC1.COc1nc2c(c(N3CCN(C(=O)OC(C)(C)C)C(CC#N)C3)n1)CCNC2. The lowest BCUT2D eigenvalue weighted by atomic mass is 10.0. The van der Waals surface area contributed by atoms with Crippen LogP contribution < -0.4 is 15.0 Å². The van der Waals surface area contributed by atoms with Crippen molar-refractivity contribution < 1.29 is 14.3 Å². The summed E-state index contributed by atoms with van der Waals surface area (Å²) in [5, 5.41) is 12.6. The molecule has 1 aromatic heterocycles. The number of aromatic nitrogens is 2. The van der Waals surface area contributed by atoms with Crippen molar-refractivity contribution in [2.75, 3.05) is 58.3 Å². The third-order valence-electron chi connectivity index (χ3n) is 6.14. The highest BCUT2D eigenvalue weighted by Crippen LogP contribution is 2.29. The molecule has 0 spiro atoms. The predicted octanol–water partition coefficient (Wildman–Crippen LogP) is 2.18. The van der Waals surface area contributed by atoms with E-state index in [1.54, 1.807) is 12.0 Å². The minimum Gasteiger partial charge on any atom is -0.467 e. The number of hydrogen-bond donors (Lipinski definition) is 1. The first-order valence-electron chi connectivity index (χ1n) is 12.2. The van der Waals surface area contributed by atoms with Gasteiger partial charge < -0.3 is 29.5 Å². The van der Waals surface area contributed by atoms with E-state index in [1.165, 1.54) is 25.9 Å². The summed E-state index contributed by atoms with van der Waals surface area (Å²) >= 11 is 0. The second-order valence-electron chi connectivity index (χ2n) is 10.0. The van der Waals surface area contributed by atoms with E-state index in [0.29, 0.717) is 32.2 Å². The van der Waals surface area contributed by atoms with Gasteiger partial charge in [-0.25, -0.2) is 4.79 Å². The molecule has 1 aromatic rings. The van der Waals surface area contributed by atoms with Crippen LogP contribution in [0.15, 0.2) is 0 Å². The van der Waals surface area contributed by atoms with Crippen LogP contribution >= 0.6 is 0 Å². The Hall–Kier alpha value is -2.64. The van der Waals surface area contributed by atoms with Crippen LogP contribution in [-0.4, -0.2) is 90.9 Å². The second-order valence-corrected chi connectivity index (χ2v) is 10.0. The van der Waals surface area contributed by atoms with Crippen LogP contribution in [0.3, 0.4) is 0 Å². The zero-order valence-electron chi connectivity index (χ0n) is 21.3. The van der Waals surface area contributed by atoms with Crippen molar-refractivity contribution in [2.45, 2.75) is 64.6 Å². The van der Waals surface area contributed by atoms with E-state index in [4.69, 9.17) is 9.47 Å². The van der Waals surface area contributed by atoms with Crippen molar-refractivity contribution in [1.29, 1.82) is 5.26 Å². The Morgan fingerprint density at radius 1 is 1.21 bits per heavy atom. The van der Waals surface area contributed by atoms with Crippen molar-refractivity contribution in [1.82, 2.24) is 25.1 Å². The minimum atomic E-state index is -0.572. The zero-order valence-corrected chi connectivity index (χ0v) is 21.3. The molecule has 3 aliphatic heterocycles. The van der Waals surface area contributed by atoms with Gasteiger partial charge >= 0.3 is 12.1 Å². The number of amides is 1. The summed E-state index contributed by atoms with van der Waals surface area (Å²) in [6.07, 6.45) is 3.53. The second kappa shape index (κ2) is 11.7. The normalized spacial score (nSPS) is 20.6. The highest BCUT2D eigenvalue weighted by Gasteiger charge is 2.35. The molecule has 10 nitrogen and oxygen atoms in total. The molecule has 10 heteroatoms. The van der Waals surface area contributed by atoms with Gasteiger partial charge in [0.1, 0.15) is 11.4 Å². The third-order valence-corrected chi connectivity index (χ3v) is 6.14. The number of rotatable bonds is 3. The van der Waals surface area contributed by atoms with E-state index in [0.717, 1.165) is 30.0 Å². The molecule has 0 aromatic carbocycles. The number of methoxy groups -OCH3 is 1. The molecule has 1 N–H and O–H groups in total. The van der Waals surface area contributed by atoms with Crippen molar-refractivity contribution in [3.63, 3.8) is 0 Å². The first-order chi connectivity index (χ1) is 16.2. The molecule has 0 saturated carbocycles. The van der Waals surface area contributed by atoms with E-state index < -0.39 is 5.60 Å². The molecular weight excluding hydrogens is 434 g/mol. The number of carbonyl (C=O) groups is 1. The number of ether oxygens (including phenoxy) is 2. The summed E-state index contributed by atoms with van der Waals surface area (Å²) in [7, 11) is 3.73. The number of carbonyl (C=O) groups excluding carboxylic acids is 1. The molecule has 4 heterocycles. The first-order valence-corrected chi connectivity index (χ1v) is 12.2. The van der Waals surface area contributed by atoms with Crippen LogP contribution in [0.1, 0.15) is 51.3 Å². The van der Waals surface area contributed by atoms with Crippen LogP contribution in [0.4, 0.5) is 10.6 Å². The van der Waals surface area contributed by atoms with E-state index >= 15 is 0 Å². The lowest BCUT2D eigenvalue weighted by molar-refractivity contribution is 0.0144. The fraction of sp³-hybridized carbons (Fsp3) is 0.750. The van der Waals surface area contributed by atoms with Crippen LogP contribution in [-0.2, 0) is 17.7 Å². The van der Waals surface area contributed by atoms with Gasteiger partial charge in [0.05, 0.1) is 31.3 Å². The fourth-order valence-electron chi connectivity index (χ4n) is 4.43. The molecule has 0 bridgehead atoms. The van der Waals surface area contributed by atoms with Crippen molar-refractivity contribution in [2.24, 2.45) is 0 Å². The molecule has 1 unspecified atom stereocenters. The number of anilines is 1. The molecule has 1 atom stereocenters. The molecule has 34 heavy (non-hydrogen) atoms. The lowest BCUT2D eigenvalue weighted by Crippen LogP contribution is -2.56. The summed E-state index contributed by atoms with van der Waals surface area (Å²) < 4.78 is 10.8. The van der Waals surface area contributed by atoms with Crippen molar-refractivity contribution in [3.05, 3.63) is 11.3 Å². The molecule has 2 fully saturated rings. The predicted molar refractivity (Wildman–Crippen MR) is 130 cm³/mol.